The van der Waals surface area contributed by atoms with Crippen LogP contribution >= 0.6 is 11.3 Å². The van der Waals surface area contributed by atoms with Crippen LogP contribution < -0.4 is 0 Å². The standard InChI is InChI=1S/C43H25N3S/c44-26-27-17-19-42-36(21-27)37-24-28(18-20-43(37)47-42)29-22-30(45-38-13-5-1-9-32(38)33-10-2-6-14-39(33)45)25-31(23-29)46-40-15-7-3-11-34(40)35-12-4-8-16-41(35)46/h1-25H. The van der Waals surface area contributed by atoms with Crippen LogP contribution in [-0.4, -0.2) is 9.13 Å². The summed E-state index contributed by atoms with van der Waals surface area (Å²) in [6.07, 6.45) is 0. The third kappa shape index (κ3) is 3.85. The van der Waals surface area contributed by atoms with E-state index in [-0.39, 0.29) is 0 Å². The molecule has 0 N–H and O–H groups in total. The van der Waals surface area contributed by atoms with Crippen molar-refractivity contribution in [1.82, 2.24) is 9.13 Å². The maximum absolute atomic E-state index is 9.63. The van der Waals surface area contributed by atoms with Crippen molar-refractivity contribution in [2.75, 3.05) is 0 Å². The first kappa shape index (κ1) is 26.1. The van der Waals surface area contributed by atoms with Gasteiger partial charge in [-0.05, 0) is 83.9 Å². The number of nitriles is 1. The summed E-state index contributed by atoms with van der Waals surface area (Å²) < 4.78 is 7.23. The normalized spacial score (nSPS) is 11.8. The Bertz CT molecular complexity index is 2690. The lowest BCUT2D eigenvalue weighted by molar-refractivity contribution is 1.13. The van der Waals surface area contributed by atoms with Crippen LogP contribution in [0.2, 0.25) is 0 Å². The van der Waals surface area contributed by atoms with Crippen LogP contribution in [0, 0.1) is 11.3 Å². The van der Waals surface area contributed by atoms with E-state index >= 15 is 0 Å². The van der Waals surface area contributed by atoms with E-state index in [2.05, 4.69) is 155 Å². The molecule has 0 aliphatic rings. The number of hydrogen-bond donors (Lipinski definition) is 0. The highest BCUT2D eigenvalue weighted by molar-refractivity contribution is 7.25. The fourth-order valence-electron chi connectivity index (χ4n) is 7.45. The molecule has 218 valence electrons. The van der Waals surface area contributed by atoms with Crippen molar-refractivity contribution in [1.29, 1.82) is 5.26 Å². The summed E-state index contributed by atoms with van der Waals surface area (Å²) in [4.78, 5) is 0. The quantitative estimate of drug-likeness (QED) is 0.195. The van der Waals surface area contributed by atoms with E-state index in [4.69, 9.17) is 0 Å². The topological polar surface area (TPSA) is 33.6 Å². The Hall–Kier alpha value is -6.15. The lowest BCUT2D eigenvalue weighted by Gasteiger charge is -2.16. The molecule has 0 aliphatic heterocycles. The van der Waals surface area contributed by atoms with Gasteiger partial charge in [-0.25, -0.2) is 0 Å². The molecule has 0 unspecified atom stereocenters. The highest BCUT2D eigenvalue weighted by atomic mass is 32.1. The number of para-hydroxylation sites is 4. The zero-order valence-electron chi connectivity index (χ0n) is 25.2. The maximum atomic E-state index is 9.63. The summed E-state index contributed by atoms with van der Waals surface area (Å²) in [5.74, 6) is 0. The molecule has 0 bridgehead atoms. The smallest absolute Gasteiger partial charge is 0.0991 e. The second-order valence-corrected chi connectivity index (χ2v) is 13.2. The molecule has 3 aromatic heterocycles. The van der Waals surface area contributed by atoms with Crippen molar-refractivity contribution in [3.05, 3.63) is 157 Å². The molecule has 0 atom stereocenters. The second-order valence-electron chi connectivity index (χ2n) is 12.1. The van der Waals surface area contributed by atoms with Crippen LogP contribution in [-0.2, 0) is 0 Å². The van der Waals surface area contributed by atoms with Crippen molar-refractivity contribution in [2.45, 2.75) is 0 Å². The lowest BCUT2D eigenvalue weighted by atomic mass is 10.0. The molecule has 47 heavy (non-hydrogen) atoms. The van der Waals surface area contributed by atoms with Crippen molar-refractivity contribution in [2.24, 2.45) is 0 Å². The summed E-state index contributed by atoms with van der Waals surface area (Å²) >= 11 is 1.78. The van der Waals surface area contributed by atoms with Gasteiger partial charge in [0.05, 0.1) is 33.7 Å². The predicted octanol–water partition coefficient (Wildman–Crippen LogP) is 11.8. The third-order valence-electron chi connectivity index (χ3n) is 9.51. The molecular formula is C43H25N3S. The first-order chi connectivity index (χ1) is 23.2. The van der Waals surface area contributed by atoms with Crippen molar-refractivity contribution >= 4 is 75.1 Å². The highest BCUT2D eigenvalue weighted by Crippen LogP contribution is 2.40. The van der Waals surface area contributed by atoms with Gasteiger partial charge in [-0.2, -0.15) is 5.26 Å². The van der Waals surface area contributed by atoms with Crippen molar-refractivity contribution < 1.29 is 0 Å². The van der Waals surface area contributed by atoms with E-state index in [9.17, 15) is 5.26 Å². The van der Waals surface area contributed by atoms with E-state index < -0.39 is 0 Å². The zero-order valence-corrected chi connectivity index (χ0v) is 26.0. The Labute approximate surface area is 274 Å². The van der Waals surface area contributed by atoms with E-state index in [0.29, 0.717) is 5.56 Å². The van der Waals surface area contributed by atoms with Crippen LogP contribution in [0.5, 0.6) is 0 Å². The number of nitrogens with zero attached hydrogens (tertiary/aromatic N) is 3. The minimum Gasteiger partial charge on any atom is -0.309 e. The number of fused-ring (bicyclic) bond motifs is 9. The molecular weight excluding hydrogens is 591 g/mol. The monoisotopic (exact) mass is 615 g/mol. The number of benzene rings is 7. The van der Waals surface area contributed by atoms with E-state index in [1.54, 1.807) is 11.3 Å². The van der Waals surface area contributed by atoms with Crippen LogP contribution in [0.4, 0.5) is 0 Å². The van der Waals surface area contributed by atoms with Gasteiger partial charge in [0.2, 0.25) is 0 Å². The first-order valence-electron chi connectivity index (χ1n) is 15.7. The summed E-state index contributed by atoms with van der Waals surface area (Å²) in [7, 11) is 0. The zero-order chi connectivity index (χ0) is 31.1. The number of thiophene rings is 1. The van der Waals surface area contributed by atoms with E-state index in [0.717, 1.165) is 27.9 Å². The second kappa shape index (κ2) is 9.92. The predicted molar refractivity (Wildman–Crippen MR) is 198 cm³/mol. The molecule has 3 nitrogen and oxygen atoms in total. The third-order valence-corrected chi connectivity index (χ3v) is 10.7. The van der Waals surface area contributed by atoms with Gasteiger partial charge in [-0.15, -0.1) is 11.3 Å². The first-order valence-corrected chi connectivity index (χ1v) is 16.6. The average molecular weight is 616 g/mol. The number of hydrogen-bond acceptors (Lipinski definition) is 2. The van der Waals surface area contributed by atoms with Gasteiger partial charge in [0, 0.05) is 53.1 Å². The van der Waals surface area contributed by atoms with Gasteiger partial charge in [0.15, 0.2) is 0 Å². The molecule has 0 radical (unpaired) electrons. The number of aromatic nitrogens is 2. The lowest BCUT2D eigenvalue weighted by Crippen LogP contribution is -2.00. The average Bonchev–Trinajstić information content (AvgIpc) is 3.78. The van der Waals surface area contributed by atoms with E-state index in [1.165, 1.54) is 58.4 Å². The fourth-order valence-corrected chi connectivity index (χ4v) is 8.51. The van der Waals surface area contributed by atoms with E-state index in [1.807, 2.05) is 12.1 Å². The molecule has 0 amide bonds. The molecule has 4 heteroatoms. The molecule has 10 aromatic rings. The molecule has 10 rings (SSSR count). The largest absolute Gasteiger partial charge is 0.309 e. The minimum absolute atomic E-state index is 0.685. The van der Waals surface area contributed by atoms with Crippen LogP contribution in [0.25, 0.3) is 86.3 Å². The van der Waals surface area contributed by atoms with Gasteiger partial charge in [-0.1, -0.05) is 78.9 Å². The van der Waals surface area contributed by atoms with Gasteiger partial charge >= 0.3 is 0 Å². The highest BCUT2D eigenvalue weighted by Gasteiger charge is 2.17. The molecule has 0 fully saturated rings. The van der Waals surface area contributed by atoms with Crippen molar-refractivity contribution in [3.8, 4) is 28.6 Å². The summed E-state index contributed by atoms with van der Waals surface area (Å²) in [6, 6.07) is 56.8. The van der Waals surface area contributed by atoms with Crippen LogP contribution in [0.3, 0.4) is 0 Å². The maximum Gasteiger partial charge on any atom is 0.0991 e. The van der Waals surface area contributed by atoms with Gasteiger partial charge < -0.3 is 9.13 Å². The number of rotatable bonds is 3. The fraction of sp³-hybridized carbons (Fsp3) is 0. The Morgan fingerprint density at radius 3 is 1.34 bits per heavy atom. The minimum atomic E-state index is 0.685. The van der Waals surface area contributed by atoms with Gasteiger partial charge in [-0.3, -0.25) is 0 Å². The molecule has 3 heterocycles. The molecule has 7 aromatic carbocycles. The summed E-state index contributed by atoms with van der Waals surface area (Å²) in [6.45, 7) is 0. The Morgan fingerprint density at radius 1 is 0.404 bits per heavy atom. The van der Waals surface area contributed by atoms with Gasteiger partial charge in [0.25, 0.3) is 0 Å². The molecule has 0 spiro atoms. The summed E-state index contributed by atoms with van der Waals surface area (Å²) in [5.41, 5.74) is 9.92. The van der Waals surface area contributed by atoms with Crippen LogP contribution in [0.15, 0.2) is 152 Å². The molecule has 0 aliphatic carbocycles. The summed E-state index contributed by atoms with van der Waals surface area (Å²) in [5, 5.41) is 16.9. The Morgan fingerprint density at radius 2 is 0.851 bits per heavy atom. The van der Waals surface area contributed by atoms with Crippen LogP contribution in [0.1, 0.15) is 5.56 Å². The molecule has 0 saturated heterocycles. The molecule has 0 saturated carbocycles. The van der Waals surface area contributed by atoms with Gasteiger partial charge in [0.1, 0.15) is 0 Å². The SMILES string of the molecule is N#Cc1ccc2sc3ccc(-c4cc(-n5c6ccccc6c6ccccc65)cc(-n5c6ccccc6c6ccccc65)c4)cc3c2c1. The Balaban J connectivity index is 1.31. The Kier molecular flexibility index (Phi) is 5.51. The van der Waals surface area contributed by atoms with Crippen molar-refractivity contribution in [3.63, 3.8) is 0 Å².